The average molecular weight is 591 g/mol. The van der Waals surface area contributed by atoms with E-state index in [1.807, 2.05) is 0 Å². The Labute approximate surface area is 240 Å². The van der Waals surface area contributed by atoms with E-state index >= 15 is 0 Å². The van der Waals surface area contributed by atoms with Crippen LogP contribution < -0.4 is 22.1 Å². The van der Waals surface area contributed by atoms with Crippen LogP contribution in [0.15, 0.2) is 64.5 Å². The number of aliphatic imine (C=N–C) groups is 1. The van der Waals surface area contributed by atoms with E-state index < -0.39 is 29.3 Å². The Morgan fingerprint density at radius 2 is 1.71 bits per heavy atom. The molecule has 1 aliphatic carbocycles. The van der Waals surface area contributed by atoms with Crippen LogP contribution in [0.25, 0.3) is 0 Å². The molecule has 224 valence electrons. The summed E-state index contributed by atoms with van der Waals surface area (Å²) in [6, 6.07) is 14.1. The molecule has 41 heavy (non-hydrogen) atoms. The second-order valence-corrected chi connectivity index (χ2v) is 10.9. The fourth-order valence-electron chi connectivity index (χ4n) is 4.09. The van der Waals surface area contributed by atoms with Crippen LogP contribution in [0.1, 0.15) is 44.1 Å². The third-order valence-electron chi connectivity index (χ3n) is 6.25. The quantitative estimate of drug-likeness (QED) is 0.0616. The number of rotatable bonds is 12. The SMILES string of the molecule is NC(N)=NCCCC(NC(=O)C1CCCC1)B(O)OC(=O)NCCc1ccc(O)cc1.O=S(=O)(O)c1ccccc1. The molecule has 2 aromatic carbocycles. The highest BCUT2D eigenvalue weighted by Crippen LogP contribution is 2.25. The molecule has 15 heteroatoms. The van der Waals surface area contributed by atoms with Gasteiger partial charge in [0, 0.05) is 19.0 Å². The molecular weight excluding hydrogens is 553 g/mol. The van der Waals surface area contributed by atoms with E-state index in [4.69, 9.17) is 20.7 Å². The van der Waals surface area contributed by atoms with Gasteiger partial charge in [0.05, 0.1) is 10.8 Å². The molecule has 9 N–H and O–H groups in total. The summed E-state index contributed by atoms with van der Waals surface area (Å²) < 4.78 is 34.3. The first-order valence-electron chi connectivity index (χ1n) is 13.2. The fourth-order valence-corrected chi connectivity index (χ4v) is 4.59. The van der Waals surface area contributed by atoms with Crippen molar-refractivity contribution in [3.05, 3.63) is 60.2 Å². The van der Waals surface area contributed by atoms with Crippen molar-refractivity contribution in [2.24, 2.45) is 22.4 Å². The van der Waals surface area contributed by atoms with Gasteiger partial charge in [-0.3, -0.25) is 14.3 Å². The number of amides is 2. The molecule has 1 saturated carbocycles. The summed E-state index contributed by atoms with van der Waals surface area (Å²) in [5.41, 5.74) is 11.6. The van der Waals surface area contributed by atoms with Gasteiger partial charge in [0.15, 0.2) is 5.96 Å². The van der Waals surface area contributed by atoms with Crippen molar-refractivity contribution in [2.45, 2.75) is 55.8 Å². The third-order valence-corrected chi connectivity index (χ3v) is 7.12. The number of phenolic OH excluding ortho intramolecular Hbond substituents is 1. The van der Waals surface area contributed by atoms with E-state index in [0.29, 0.717) is 32.4 Å². The van der Waals surface area contributed by atoms with E-state index in [-0.39, 0.29) is 28.4 Å². The number of nitrogens with one attached hydrogen (secondary N) is 2. The predicted molar refractivity (Wildman–Crippen MR) is 154 cm³/mol. The normalized spacial score (nSPS) is 13.7. The van der Waals surface area contributed by atoms with E-state index in [0.717, 1.165) is 31.2 Å². The lowest BCUT2D eigenvalue weighted by atomic mass is 9.75. The molecule has 0 heterocycles. The molecule has 3 rings (SSSR count). The summed E-state index contributed by atoms with van der Waals surface area (Å²) in [6.07, 6.45) is 4.25. The molecule has 0 saturated heterocycles. The highest BCUT2D eigenvalue weighted by Gasteiger charge is 2.34. The molecule has 0 spiro atoms. The molecule has 13 nitrogen and oxygen atoms in total. The molecule has 2 aromatic rings. The minimum atomic E-state index is -4.00. The summed E-state index contributed by atoms with van der Waals surface area (Å²) in [4.78, 5) is 28.4. The number of nitrogens with two attached hydrogens (primary N) is 2. The van der Waals surface area contributed by atoms with E-state index in [9.17, 15) is 28.1 Å². The summed E-state index contributed by atoms with van der Waals surface area (Å²) in [5.74, 6) is -0.836. The lowest BCUT2D eigenvalue weighted by Gasteiger charge is -2.22. The molecule has 0 bridgehead atoms. The van der Waals surface area contributed by atoms with Gasteiger partial charge in [0.1, 0.15) is 5.75 Å². The predicted octanol–water partition coefficient (Wildman–Crippen LogP) is 1.34. The van der Waals surface area contributed by atoms with Crippen molar-refractivity contribution in [3.63, 3.8) is 0 Å². The number of aromatic hydroxyl groups is 1. The molecule has 2 amide bonds. The van der Waals surface area contributed by atoms with Crippen molar-refractivity contribution in [3.8, 4) is 5.75 Å². The lowest BCUT2D eigenvalue weighted by molar-refractivity contribution is -0.125. The number of nitrogens with zero attached hydrogens (tertiary/aromatic N) is 1. The molecule has 1 unspecified atom stereocenters. The first kappa shape index (κ1) is 33.4. The van der Waals surface area contributed by atoms with Crippen molar-refractivity contribution >= 4 is 35.2 Å². The van der Waals surface area contributed by atoms with Gasteiger partial charge < -0.3 is 36.9 Å². The Kier molecular flexibility index (Phi) is 13.9. The third kappa shape index (κ3) is 13.4. The van der Waals surface area contributed by atoms with Crippen molar-refractivity contribution < 1.29 is 37.3 Å². The zero-order valence-electron chi connectivity index (χ0n) is 22.7. The van der Waals surface area contributed by atoms with Crippen molar-refractivity contribution in [2.75, 3.05) is 13.1 Å². The van der Waals surface area contributed by atoms with Crippen molar-refractivity contribution in [1.82, 2.24) is 10.6 Å². The maximum Gasteiger partial charge on any atom is 0.549 e. The summed E-state index contributed by atoms with van der Waals surface area (Å²) >= 11 is 0. The zero-order valence-corrected chi connectivity index (χ0v) is 23.5. The monoisotopic (exact) mass is 591 g/mol. The maximum absolute atomic E-state index is 12.5. The van der Waals surface area contributed by atoms with E-state index in [1.165, 1.54) is 12.1 Å². The van der Waals surface area contributed by atoms with Crippen LogP contribution in [-0.4, -0.2) is 67.2 Å². The molecule has 0 radical (unpaired) electrons. The number of hydrogen-bond donors (Lipinski definition) is 7. The minimum absolute atomic E-state index is 0.0312. The summed E-state index contributed by atoms with van der Waals surface area (Å²) in [7, 11) is -5.50. The molecular formula is C26H38BN5O8S. The van der Waals surface area contributed by atoms with E-state index in [2.05, 4.69) is 15.6 Å². The van der Waals surface area contributed by atoms with Crippen LogP contribution in [0, 0.1) is 5.92 Å². The zero-order chi connectivity index (χ0) is 30.3. The number of carbonyl (C=O) groups excluding carboxylic acids is 2. The topological polar surface area (TPSA) is 227 Å². The standard InChI is InChI=1S/C20H32BN5O5.C6H6O3S/c22-19(23)24-12-3-6-17(26-18(28)15-4-1-2-5-15)21(30)31-20(29)25-13-11-14-7-9-16(27)10-8-14;7-10(8,9)6-4-2-1-3-5-6/h7-10,15,17,27,30H,1-6,11-13H2,(H,25,29)(H,26,28)(H4,22,23,24);1-5H,(H,7,8,9). The smallest absolute Gasteiger partial charge is 0.508 e. The number of phenols is 1. The fraction of sp³-hybridized carbons (Fsp3) is 0.423. The van der Waals surface area contributed by atoms with Crippen LogP contribution in [0.2, 0.25) is 0 Å². The van der Waals surface area contributed by atoms with Crippen LogP contribution >= 0.6 is 0 Å². The Bertz CT molecular complexity index is 1220. The number of hydrogen-bond acceptors (Lipinski definition) is 8. The van der Waals surface area contributed by atoms with Gasteiger partial charge in [-0.25, -0.2) is 4.79 Å². The van der Waals surface area contributed by atoms with Crippen LogP contribution in [0.5, 0.6) is 5.75 Å². The maximum atomic E-state index is 12.5. The second-order valence-electron chi connectivity index (χ2n) is 9.47. The molecule has 1 fully saturated rings. The van der Waals surface area contributed by atoms with Crippen LogP contribution in [0.3, 0.4) is 0 Å². The Morgan fingerprint density at radius 3 is 2.27 bits per heavy atom. The van der Waals surface area contributed by atoms with E-state index in [1.54, 1.807) is 42.5 Å². The van der Waals surface area contributed by atoms with Crippen molar-refractivity contribution in [1.29, 1.82) is 0 Å². The lowest BCUT2D eigenvalue weighted by Crippen LogP contribution is -2.51. The number of guanidine groups is 1. The molecule has 1 aliphatic rings. The Balaban J connectivity index is 0.000000493. The van der Waals surface area contributed by atoms with Gasteiger partial charge >= 0.3 is 13.2 Å². The largest absolute Gasteiger partial charge is 0.549 e. The highest BCUT2D eigenvalue weighted by molar-refractivity contribution is 7.85. The second kappa shape index (κ2) is 17.1. The molecule has 1 atom stereocenters. The van der Waals surface area contributed by atoms with Gasteiger partial charge in [-0.15, -0.1) is 0 Å². The number of carbonyl (C=O) groups is 2. The Hall–Kier alpha value is -3.82. The Morgan fingerprint density at radius 1 is 1.07 bits per heavy atom. The van der Waals surface area contributed by atoms with Crippen LogP contribution in [-0.2, 0) is 26.0 Å². The summed E-state index contributed by atoms with van der Waals surface area (Å²) in [6.45, 7) is 0.629. The molecule has 0 aromatic heterocycles. The average Bonchev–Trinajstić information content (AvgIpc) is 3.47. The van der Waals surface area contributed by atoms with Gasteiger partial charge in [-0.1, -0.05) is 43.2 Å². The first-order chi connectivity index (χ1) is 19.5. The summed E-state index contributed by atoms with van der Waals surface area (Å²) in [5, 5.41) is 25.1. The van der Waals surface area contributed by atoms with Gasteiger partial charge in [0.25, 0.3) is 10.1 Å². The van der Waals surface area contributed by atoms with Crippen LogP contribution in [0.4, 0.5) is 4.79 Å². The highest BCUT2D eigenvalue weighted by atomic mass is 32.2. The molecule has 0 aliphatic heterocycles. The van der Waals surface area contributed by atoms with Gasteiger partial charge in [0.2, 0.25) is 5.91 Å². The van der Waals surface area contributed by atoms with Gasteiger partial charge in [-0.05, 0) is 61.9 Å². The van der Waals surface area contributed by atoms with Gasteiger partial charge in [-0.2, -0.15) is 8.42 Å². The number of benzene rings is 2. The minimum Gasteiger partial charge on any atom is -0.508 e. The first-order valence-corrected chi connectivity index (χ1v) is 14.7.